The summed E-state index contributed by atoms with van der Waals surface area (Å²) < 4.78 is 0. The highest BCUT2D eigenvalue weighted by Crippen LogP contribution is 2.26. The summed E-state index contributed by atoms with van der Waals surface area (Å²) in [6.07, 6.45) is 1.12. The molecule has 1 aromatic carbocycles. The van der Waals surface area contributed by atoms with E-state index in [0.717, 1.165) is 26.1 Å². The summed E-state index contributed by atoms with van der Waals surface area (Å²) in [5.41, 5.74) is 2.49. The maximum atomic E-state index is 12.2. The third-order valence-corrected chi connectivity index (χ3v) is 5.83. The van der Waals surface area contributed by atoms with Gasteiger partial charge in [-0.05, 0) is 56.9 Å². The number of nitrogens with zero attached hydrogens (tertiary/aromatic N) is 1. The van der Waals surface area contributed by atoms with E-state index in [9.17, 15) is 4.79 Å². The van der Waals surface area contributed by atoms with Crippen molar-refractivity contribution in [2.24, 2.45) is 5.92 Å². The Morgan fingerprint density at radius 1 is 1.32 bits per heavy atom. The van der Waals surface area contributed by atoms with Gasteiger partial charge in [0.25, 0.3) is 0 Å². The maximum absolute atomic E-state index is 12.2. The normalized spacial score (nSPS) is 18.2. The van der Waals surface area contributed by atoms with Gasteiger partial charge in [-0.3, -0.25) is 0 Å². The van der Waals surface area contributed by atoms with Crippen molar-refractivity contribution in [2.45, 2.75) is 33.2 Å². The molecule has 0 saturated carbocycles. The number of carbonyl (C=O) groups excluding carboxylic acids is 1. The molecule has 2 amide bonds. The minimum Gasteiger partial charge on any atom is -0.371 e. The first kappa shape index (κ1) is 17.8. The van der Waals surface area contributed by atoms with E-state index in [1.54, 1.807) is 11.3 Å². The van der Waals surface area contributed by atoms with Crippen LogP contribution in [0, 0.1) is 19.8 Å². The molecule has 0 radical (unpaired) electrons. The number of benzene rings is 1. The second-order valence-corrected chi connectivity index (χ2v) is 8.34. The van der Waals surface area contributed by atoms with Gasteiger partial charge in [-0.2, -0.15) is 0 Å². The predicted molar refractivity (Wildman–Crippen MR) is 106 cm³/mol. The molecule has 1 aromatic heterocycles. The van der Waals surface area contributed by atoms with E-state index in [0.29, 0.717) is 5.92 Å². The number of anilines is 1. The van der Waals surface area contributed by atoms with Crippen LogP contribution in [0.25, 0.3) is 0 Å². The van der Waals surface area contributed by atoms with Crippen LogP contribution in [-0.2, 0) is 0 Å². The first-order valence-corrected chi connectivity index (χ1v) is 9.76. The number of amides is 2. The Bertz CT molecular complexity index is 713. The van der Waals surface area contributed by atoms with E-state index in [2.05, 4.69) is 59.7 Å². The summed E-state index contributed by atoms with van der Waals surface area (Å²) in [5.74, 6) is 0.506. The van der Waals surface area contributed by atoms with E-state index in [-0.39, 0.29) is 12.1 Å². The average Bonchev–Trinajstić information content (AvgIpc) is 3.20. The summed E-state index contributed by atoms with van der Waals surface area (Å²) in [6.45, 7) is 9.04. The lowest BCUT2D eigenvalue weighted by Gasteiger charge is -2.19. The van der Waals surface area contributed by atoms with E-state index in [1.165, 1.54) is 21.0 Å². The molecule has 2 heterocycles. The summed E-state index contributed by atoms with van der Waals surface area (Å²) >= 11 is 1.78. The van der Waals surface area contributed by atoms with E-state index < -0.39 is 0 Å². The molecule has 3 rings (SSSR count). The van der Waals surface area contributed by atoms with Crippen molar-refractivity contribution < 1.29 is 4.79 Å². The number of para-hydroxylation sites is 1. The quantitative estimate of drug-likeness (QED) is 0.840. The van der Waals surface area contributed by atoms with Gasteiger partial charge in [-0.1, -0.05) is 18.2 Å². The van der Waals surface area contributed by atoms with Crippen LogP contribution in [0.5, 0.6) is 0 Å². The second kappa shape index (κ2) is 7.91. The second-order valence-electron chi connectivity index (χ2n) is 6.88. The largest absolute Gasteiger partial charge is 0.371 e. The van der Waals surface area contributed by atoms with Crippen LogP contribution in [-0.4, -0.2) is 25.7 Å². The van der Waals surface area contributed by atoms with Crippen LogP contribution in [0.2, 0.25) is 0 Å². The summed E-state index contributed by atoms with van der Waals surface area (Å²) in [5, 5.41) is 6.11. The highest BCUT2D eigenvalue weighted by Gasteiger charge is 2.23. The molecule has 1 saturated heterocycles. The molecule has 1 aliphatic rings. The predicted octanol–water partition coefficient (Wildman–Crippen LogP) is 4.25. The van der Waals surface area contributed by atoms with Crippen LogP contribution < -0.4 is 15.5 Å². The fourth-order valence-electron chi connectivity index (χ4n) is 3.52. The zero-order valence-corrected chi connectivity index (χ0v) is 16.0. The lowest BCUT2D eigenvalue weighted by Crippen LogP contribution is -2.40. The van der Waals surface area contributed by atoms with Gasteiger partial charge in [-0.25, -0.2) is 4.79 Å². The van der Waals surface area contributed by atoms with E-state index >= 15 is 0 Å². The number of carbonyl (C=O) groups is 1. The van der Waals surface area contributed by atoms with E-state index in [4.69, 9.17) is 0 Å². The monoisotopic (exact) mass is 357 g/mol. The van der Waals surface area contributed by atoms with Gasteiger partial charge >= 0.3 is 6.03 Å². The van der Waals surface area contributed by atoms with Crippen molar-refractivity contribution in [3.63, 3.8) is 0 Å². The lowest BCUT2D eigenvalue weighted by atomic mass is 10.1. The number of rotatable bonds is 5. The standard InChI is InChI=1S/C20H27N3OS/c1-14-11-19(16(3)25-14)15(2)22-20(24)21-12-17-9-10-23(13-17)18-7-5-4-6-8-18/h4-8,11,15,17H,9-10,12-13H2,1-3H3,(H2,21,22,24). The van der Waals surface area contributed by atoms with E-state index in [1.807, 2.05) is 13.0 Å². The van der Waals surface area contributed by atoms with Crippen LogP contribution in [0.4, 0.5) is 10.5 Å². The van der Waals surface area contributed by atoms with Crippen molar-refractivity contribution in [3.8, 4) is 0 Å². The number of hydrogen-bond acceptors (Lipinski definition) is 3. The van der Waals surface area contributed by atoms with Crippen molar-refractivity contribution in [1.82, 2.24) is 10.6 Å². The summed E-state index contributed by atoms with van der Waals surface area (Å²) in [6, 6.07) is 12.6. The van der Waals surface area contributed by atoms with Crippen LogP contribution in [0.1, 0.15) is 34.7 Å². The summed E-state index contributed by atoms with van der Waals surface area (Å²) in [7, 11) is 0. The molecule has 1 fully saturated rings. The third kappa shape index (κ3) is 4.54. The molecule has 0 spiro atoms. The van der Waals surface area contributed by atoms with Crippen molar-refractivity contribution in [3.05, 3.63) is 51.7 Å². The fraction of sp³-hybridized carbons (Fsp3) is 0.450. The molecule has 134 valence electrons. The minimum absolute atomic E-state index is 0.0364. The topological polar surface area (TPSA) is 44.4 Å². The number of nitrogens with one attached hydrogen (secondary N) is 2. The zero-order chi connectivity index (χ0) is 17.8. The maximum Gasteiger partial charge on any atom is 0.315 e. The number of urea groups is 1. The smallest absolute Gasteiger partial charge is 0.315 e. The Balaban J connectivity index is 1.44. The van der Waals surface area contributed by atoms with Crippen molar-refractivity contribution in [2.75, 3.05) is 24.5 Å². The molecular weight excluding hydrogens is 330 g/mol. The van der Waals surface area contributed by atoms with Crippen LogP contribution >= 0.6 is 11.3 Å². The summed E-state index contributed by atoms with van der Waals surface area (Å²) in [4.78, 5) is 17.2. The first-order valence-electron chi connectivity index (χ1n) is 8.94. The Morgan fingerprint density at radius 3 is 2.76 bits per heavy atom. The Morgan fingerprint density at radius 2 is 2.08 bits per heavy atom. The highest BCUT2D eigenvalue weighted by atomic mass is 32.1. The van der Waals surface area contributed by atoms with Gasteiger partial charge in [0.1, 0.15) is 0 Å². The molecule has 2 N–H and O–H groups in total. The Labute approximate surface area is 154 Å². The van der Waals surface area contributed by atoms with Gasteiger partial charge < -0.3 is 15.5 Å². The van der Waals surface area contributed by atoms with Crippen molar-refractivity contribution >= 4 is 23.1 Å². The molecular formula is C20H27N3OS. The molecule has 4 nitrogen and oxygen atoms in total. The molecule has 2 aromatic rings. The van der Waals surface area contributed by atoms with Crippen LogP contribution in [0.15, 0.2) is 36.4 Å². The molecule has 5 heteroatoms. The zero-order valence-electron chi connectivity index (χ0n) is 15.2. The molecule has 0 aliphatic carbocycles. The average molecular weight is 358 g/mol. The molecule has 1 aliphatic heterocycles. The van der Waals surface area contributed by atoms with Gasteiger partial charge in [0, 0.05) is 35.1 Å². The Hall–Kier alpha value is -2.01. The number of hydrogen-bond donors (Lipinski definition) is 2. The minimum atomic E-state index is -0.0751. The highest BCUT2D eigenvalue weighted by molar-refractivity contribution is 7.12. The van der Waals surface area contributed by atoms with Crippen molar-refractivity contribution in [1.29, 1.82) is 0 Å². The van der Waals surface area contributed by atoms with Gasteiger partial charge in [0.2, 0.25) is 0 Å². The number of thiophene rings is 1. The molecule has 2 unspecified atom stereocenters. The molecule has 0 bridgehead atoms. The fourth-order valence-corrected chi connectivity index (χ4v) is 4.54. The number of aryl methyl sites for hydroxylation is 2. The Kier molecular flexibility index (Phi) is 5.63. The van der Waals surface area contributed by atoms with Gasteiger partial charge in [-0.15, -0.1) is 11.3 Å². The third-order valence-electron chi connectivity index (χ3n) is 4.85. The van der Waals surface area contributed by atoms with Gasteiger partial charge in [0.15, 0.2) is 0 Å². The molecule has 25 heavy (non-hydrogen) atoms. The SMILES string of the molecule is Cc1cc(C(C)NC(=O)NCC2CCN(c3ccccc3)C2)c(C)s1. The van der Waals surface area contributed by atoms with Gasteiger partial charge in [0.05, 0.1) is 6.04 Å². The molecule has 2 atom stereocenters. The first-order chi connectivity index (χ1) is 12.0. The lowest BCUT2D eigenvalue weighted by molar-refractivity contribution is 0.236. The van der Waals surface area contributed by atoms with Crippen LogP contribution in [0.3, 0.4) is 0 Å².